The third-order valence-corrected chi connectivity index (χ3v) is 7.62. The molecule has 168 valence electrons. The number of carbonyl (C=O) groups is 1. The molecule has 3 aromatic rings. The molecule has 0 atom stereocenters. The van der Waals surface area contributed by atoms with Crippen molar-refractivity contribution in [2.24, 2.45) is 0 Å². The van der Waals surface area contributed by atoms with Crippen LogP contribution in [0.3, 0.4) is 0 Å². The highest BCUT2D eigenvalue weighted by molar-refractivity contribution is 7.89. The zero-order valence-corrected chi connectivity index (χ0v) is 18.8. The molecule has 1 aromatic heterocycles. The predicted molar refractivity (Wildman–Crippen MR) is 118 cm³/mol. The molecule has 9 heteroatoms. The molecule has 0 radical (unpaired) electrons. The summed E-state index contributed by atoms with van der Waals surface area (Å²) in [6.07, 6.45) is 0. The molecule has 32 heavy (non-hydrogen) atoms. The summed E-state index contributed by atoms with van der Waals surface area (Å²) >= 11 is 0. The van der Waals surface area contributed by atoms with Crippen LogP contribution >= 0.6 is 0 Å². The number of amides is 1. The standard InChI is InChI=1S/C23H25N3O5S/c1-17-22(18(2)31-24-17)32(28,29)26-14-12-25(13-15-26)23(27)21-11-7-6-8-19(21)16-30-20-9-4-3-5-10-20/h3-11H,12-16H2,1-2H3. The largest absolute Gasteiger partial charge is 0.489 e. The number of ether oxygens (including phenoxy) is 1. The molecule has 0 spiro atoms. The van der Waals surface area contributed by atoms with Crippen molar-refractivity contribution in [3.8, 4) is 5.75 Å². The number of rotatable bonds is 6. The first-order valence-electron chi connectivity index (χ1n) is 10.4. The van der Waals surface area contributed by atoms with Crippen LogP contribution in [0.15, 0.2) is 64.0 Å². The van der Waals surface area contributed by atoms with Crippen LogP contribution in [0.5, 0.6) is 5.75 Å². The van der Waals surface area contributed by atoms with Crippen molar-refractivity contribution in [1.82, 2.24) is 14.4 Å². The minimum atomic E-state index is -3.72. The van der Waals surface area contributed by atoms with E-state index in [9.17, 15) is 13.2 Å². The molecule has 4 rings (SSSR count). The summed E-state index contributed by atoms with van der Waals surface area (Å²) in [4.78, 5) is 15.0. The molecule has 8 nitrogen and oxygen atoms in total. The molecule has 2 heterocycles. The first-order chi connectivity index (χ1) is 15.4. The molecule has 1 aliphatic rings. The van der Waals surface area contributed by atoms with Gasteiger partial charge >= 0.3 is 0 Å². The Kier molecular flexibility index (Phi) is 6.29. The predicted octanol–water partition coefficient (Wildman–Crippen LogP) is 3.02. The zero-order valence-electron chi connectivity index (χ0n) is 18.0. The van der Waals surface area contributed by atoms with Crippen LogP contribution in [0.4, 0.5) is 0 Å². The Morgan fingerprint density at radius 2 is 1.66 bits per heavy atom. The summed E-state index contributed by atoms with van der Waals surface area (Å²) < 4.78 is 38.3. The molecule has 0 aliphatic carbocycles. The highest BCUT2D eigenvalue weighted by atomic mass is 32.2. The number of carbonyl (C=O) groups excluding carboxylic acids is 1. The lowest BCUT2D eigenvalue weighted by Gasteiger charge is -2.34. The van der Waals surface area contributed by atoms with E-state index in [1.54, 1.807) is 24.8 Å². The van der Waals surface area contributed by atoms with Crippen molar-refractivity contribution < 1.29 is 22.5 Å². The fraction of sp³-hybridized carbons (Fsp3) is 0.304. The Labute approximate surface area is 187 Å². The number of aromatic nitrogens is 1. The third kappa shape index (κ3) is 4.39. The summed E-state index contributed by atoms with van der Waals surface area (Å²) in [6.45, 7) is 4.48. The van der Waals surface area contributed by atoms with Gasteiger partial charge in [0.15, 0.2) is 5.76 Å². The van der Waals surface area contributed by atoms with Crippen molar-refractivity contribution in [3.63, 3.8) is 0 Å². The van der Waals surface area contributed by atoms with Crippen LogP contribution in [0.25, 0.3) is 0 Å². The first-order valence-corrected chi connectivity index (χ1v) is 11.8. The first kappa shape index (κ1) is 22.0. The number of piperazine rings is 1. The van der Waals surface area contributed by atoms with Gasteiger partial charge in [-0.2, -0.15) is 4.31 Å². The van der Waals surface area contributed by atoms with E-state index in [1.807, 2.05) is 48.5 Å². The number of nitrogens with zero attached hydrogens (tertiary/aromatic N) is 3. The Balaban J connectivity index is 1.44. The third-order valence-electron chi connectivity index (χ3n) is 5.48. The van der Waals surface area contributed by atoms with E-state index in [4.69, 9.17) is 9.26 Å². The fourth-order valence-corrected chi connectivity index (χ4v) is 5.52. The molecular weight excluding hydrogens is 430 g/mol. The quantitative estimate of drug-likeness (QED) is 0.567. The lowest BCUT2D eigenvalue weighted by atomic mass is 10.1. The van der Waals surface area contributed by atoms with Crippen LogP contribution in [0, 0.1) is 13.8 Å². The number of hydrogen-bond donors (Lipinski definition) is 0. The smallest absolute Gasteiger partial charge is 0.254 e. The Hall–Kier alpha value is -3.17. The van der Waals surface area contributed by atoms with Crippen molar-refractivity contribution in [2.75, 3.05) is 26.2 Å². The van der Waals surface area contributed by atoms with Gasteiger partial charge in [0.1, 0.15) is 22.9 Å². The van der Waals surface area contributed by atoms with Crippen LogP contribution in [-0.4, -0.2) is 54.9 Å². The van der Waals surface area contributed by atoms with Gasteiger partial charge in [-0.25, -0.2) is 8.42 Å². The average Bonchev–Trinajstić information content (AvgIpc) is 3.16. The summed E-state index contributed by atoms with van der Waals surface area (Å²) in [5, 5.41) is 3.75. The maximum Gasteiger partial charge on any atom is 0.254 e. The minimum absolute atomic E-state index is 0.112. The monoisotopic (exact) mass is 455 g/mol. The molecule has 0 unspecified atom stereocenters. The normalized spacial score (nSPS) is 15.0. The van der Waals surface area contributed by atoms with E-state index in [-0.39, 0.29) is 36.3 Å². The number of benzene rings is 2. The molecule has 0 saturated carbocycles. The highest BCUT2D eigenvalue weighted by Crippen LogP contribution is 2.25. The van der Waals surface area contributed by atoms with E-state index in [0.717, 1.165) is 11.3 Å². The highest BCUT2D eigenvalue weighted by Gasteiger charge is 2.34. The zero-order chi connectivity index (χ0) is 22.7. The summed E-state index contributed by atoms with van der Waals surface area (Å²) in [7, 11) is -3.72. The van der Waals surface area contributed by atoms with Gasteiger partial charge in [0.25, 0.3) is 5.91 Å². The number of para-hydroxylation sites is 1. The molecule has 2 aromatic carbocycles. The number of hydrogen-bond acceptors (Lipinski definition) is 6. The van der Waals surface area contributed by atoms with Crippen LogP contribution in [0.1, 0.15) is 27.4 Å². The van der Waals surface area contributed by atoms with Gasteiger partial charge in [0.2, 0.25) is 10.0 Å². The molecule has 1 saturated heterocycles. The van der Waals surface area contributed by atoms with Crippen LogP contribution in [-0.2, 0) is 16.6 Å². The van der Waals surface area contributed by atoms with Gasteiger partial charge < -0.3 is 14.2 Å². The molecule has 1 amide bonds. The van der Waals surface area contributed by atoms with Gasteiger partial charge in [-0.1, -0.05) is 41.6 Å². The van der Waals surface area contributed by atoms with Gasteiger partial charge in [0.05, 0.1) is 0 Å². The van der Waals surface area contributed by atoms with E-state index >= 15 is 0 Å². The van der Waals surface area contributed by atoms with Crippen molar-refractivity contribution in [1.29, 1.82) is 0 Å². The van der Waals surface area contributed by atoms with Crippen molar-refractivity contribution >= 4 is 15.9 Å². The van der Waals surface area contributed by atoms with Crippen molar-refractivity contribution in [2.45, 2.75) is 25.3 Å². The van der Waals surface area contributed by atoms with Crippen LogP contribution in [0.2, 0.25) is 0 Å². The van der Waals surface area contributed by atoms with E-state index in [2.05, 4.69) is 5.16 Å². The summed E-state index contributed by atoms with van der Waals surface area (Å²) in [6, 6.07) is 16.8. The summed E-state index contributed by atoms with van der Waals surface area (Å²) in [5.41, 5.74) is 1.69. The van der Waals surface area contributed by atoms with E-state index < -0.39 is 10.0 Å². The lowest BCUT2D eigenvalue weighted by Crippen LogP contribution is -2.50. The van der Waals surface area contributed by atoms with Gasteiger partial charge in [-0.3, -0.25) is 4.79 Å². The molecule has 1 fully saturated rings. The maximum atomic E-state index is 13.2. The Bertz CT molecular complexity index is 1180. The molecular formula is C23H25N3O5S. The number of aryl methyl sites for hydroxylation is 2. The van der Waals surface area contributed by atoms with Crippen molar-refractivity contribution in [3.05, 3.63) is 77.2 Å². The second-order valence-electron chi connectivity index (χ2n) is 7.61. The van der Waals surface area contributed by atoms with Crippen LogP contribution < -0.4 is 4.74 Å². The Morgan fingerprint density at radius 1 is 1.00 bits per heavy atom. The maximum absolute atomic E-state index is 13.2. The Morgan fingerprint density at radius 3 is 2.31 bits per heavy atom. The minimum Gasteiger partial charge on any atom is -0.489 e. The molecule has 0 bridgehead atoms. The fourth-order valence-electron chi connectivity index (χ4n) is 3.81. The summed E-state index contributed by atoms with van der Waals surface area (Å²) in [5.74, 6) is 0.868. The SMILES string of the molecule is Cc1noc(C)c1S(=O)(=O)N1CCN(C(=O)c2ccccc2COc2ccccc2)CC1. The van der Waals surface area contributed by atoms with Gasteiger partial charge in [0, 0.05) is 37.3 Å². The van der Waals surface area contributed by atoms with Gasteiger partial charge in [-0.15, -0.1) is 0 Å². The molecule has 0 N–H and O–H groups in total. The molecule has 1 aliphatic heterocycles. The second-order valence-corrected chi connectivity index (χ2v) is 9.48. The van der Waals surface area contributed by atoms with E-state index in [0.29, 0.717) is 24.3 Å². The second kappa shape index (κ2) is 9.13. The van der Waals surface area contributed by atoms with Gasteiger partial charge in [-0.05, 0) is 32.0 Å². The lowest BCUT2D eigenvalue weighted by molar-refractivity contribution is 0.0695. The topological polar surface area (TPSA) is 93.0 Å². The number of sulfonamides is 1. The van der Waals surface area contributed by atoms with E-state index in [1.165, 1.54) is 4.31 Å². The average molecular weight is 456 g/mol.